The Morgan fingerprint density at radius 1 is 1.12 bits per heavy atom. The van der Waals surface area contributed by atoms with Crippen LogP contribution in [0.15, 0.2) is 58.7 Å². The van der Waals surface area contributed by atoms with Crippen molar-refractivity contribution >= 4 is 75.1 Å². The molecule has 2 aromatic carbocycles. The Labute approximate surface area is 400 Å². The number of fused-ring (bicyclic) bond motifs is 1. The van der Waals surface area contributed by atoms with Crippen LogP contribution in [0.3, 0.4) is 0 Å². The van der Waals surface area contributed by atoms with Crippen LogP contribution in [0.1, 0.15) is 63.0 Å². The van der Waals surface area contributed by atoms with E-state index in [9.17, 15) is 53.7 Å². The lowest BCUT2D eigenvalue weighted by Crippen LogP contribution is -2.34. The lowest BCUT2D eigenvalue weighted by molar-refractivity contribution is -0.141. The Balaban J connectivity index is 1.80. The fourth-order valence-corrected chi connectivity index (χ4v) is 8.13. The van der Waals surface area contributed by atoms with E-state index in [1.807, 2.05) is 0 Å². The predicted molar refractivity (Wildman–Crippen MR) is 241 cm³/mol. The molecule has 0 saturated heterocycles. The topological polar surface area (TPSA) is 162 Å². The minimum absolute atomic E-state index is 0.0376. The van der Waals surface area contributed by atoms with E-state index in [2.05, 4.69) is 32.2 Å². The molecule has 3 N–H and O–H groups in total. The molecule has 0 bridgehead atoms. The molecule has 12 nitrogen and oxygen atoms in total. The monoisotopic (exact) mass is 1040 g/mol. The number of ether oxygens (including phenoxy) is 1. The van der Waals surface area contributed by atoms with Crippen LogP contribution in [0.25, 0.3) is 22.0 Å². The number of alkyl halides is 8. The molecule has 1 saturated carbocycles. The molecule has 3 atom stereocenters. The number of amides is 2. The Hall–Kier alpha value is -5.67. The number of carbonyl (C=O) groups excluding carboxylic acids is 3. The first-order chi connectivity index (χ1) is 32.1. The van der Waals surface area contributed by atoms with Crippen molar-refractivity contribution in [3.05, 3.63) is 87.3 Å². The molecule has 0 spiro atoms. The highest BCUT2D eigenvalue weighted by Gasteiger charge is 2.52. The maximum Gasteiger partial charge on any atom is 0.431 e. The Kier molecular flexibility index (Phi) is 16.9. The van der Waals surface area contributed by atoms with Crippen LogP contribution in [0.5, 0.6) is 0 Å². The number of aliphatic imine (C=N–C) groups is 1. The number of pyridine rings is 1. The molecule has 5 rings (SSSR count). The van der Waals surface area contributed by atoms with E-state index in [1.54, 1.807) is 13.8 Å². The molecular formula is C44H42ClF10N7O5S2. The molecule has 1 fully saturated rings. The first-order valence-electron chi connectivity index (χ1n) is 20.4. The number of unbranched alkanes of at least 4 members (excludes halogenated alkanes) is 1. The molecule has 372 valence electrons. The zero-order valence-corrected chi connectivity index (χ0v) is 39.4. The minimum Gasteiger partial charge on any atom is -0.448 e. The fraction of sp³-hybridized carbons (Fsp3) is 0.409. The van der Waals surface area contributed by atoms with Gasteiger partial charge in [0.15, 0.2) is 5.82 Å². The van der Waals surface area contributed by atoms with Gasteiger partial charge in [-0.05, 0) is 86.4 Å². The average molecular weight is 1040 g/mol. The van der Waals surface area contributed by atoms with E-state index in [4.69, 9.17) is 22.1 Å². The number of hydrogen-bond donors (Lipinski definition) is 2. The largest absolute Gasteiger partial charge is 0.448 e. The predicted octanol–water partition coefficient (Wildman–Crippen LogP) is 9.59. The molecule has 2 aromatic heterocycles. The molecule has 0 radical (unpaired) electrons. The lowest BCUT2D eigenvalue weighted by atomic mass is 9.93. The summed E-state index contributed by atoms with van der Waals surface area (Å²) < 4.78 is 162. The molecule has 1 aliphatic carbocycles. The van der Waals surface area contributed by atoms with Crippen LogP contribution in [0.2, 0.25) is 5.02 Å². The molecule has 1 aliphatic rings. The van der Waals surface area contributed by atoms with Gasteiger partial charge in [-0.25, -0.2) is 18.6 Å². The van der Waals surface area contributed by atoms with E-state index in [1.165, 1.54) is 36.8 Å². The Morgan fingerprint density at radius 3 is 2.36 bits per heavy atom. The van der Waals surface area contributed by atoms with Gasteiger partial charge in [0.1, 0.15) is 52.9 Å². The third-order valence-electron chi connectivity index (χ3n) is 10.5. The summed E-state index contributed by atoms with van der Waals surface area (Å²) in [6.07, 6.45) is -9.46. The fourth-order valence-electron chi connectivity index (χ4n) is 7.19. The van der Waals surface area contributed by atoms with Crippen molar-refractivity contribution in [1.29, 1.82) is 0 Å². The number of carbonyl (C=O) groups is 3. The standard InChI is InChI=1S/C44H42ClF10N7O5S2/c1-23-20-42(48,49)38(33(23)37(56)44(53,54)55)57-21-32(64)59-31(18-24-16-25(46)19-26(47)17-24)35-28(9-8-27(58-35)12-13-41(2,3)69(5)66)29-10-11-30(45)34-36(29)61(22-43(50,51)52)60-39(34)62(68-4)40(65)67-15-7-6-14-63/h8-11,14,16-17,19,23,31H,6-7,15,18,20-22,56H2,1-5H3,(H,59,64)/b37-33-,57-38?/t23-,31?,69?/m0/s1. The van der Waals surface area contributed by atoms with Crippen molar-refractivity contribution in [3.63, 3.8) is 0 Å². The number of aromatic nitrogens is 3. The zero-order chi connectivity index (χ0) is 51.4. The van der Waals surface area contributed by atoms with Gasteiger partial charge in [-0.1, -0.05) is 30.5 Å². The van der Waals surface area contributed by atoms with Gasteiger partial charge in [0, 0.05) is 58.9 Å². The van der Waals surface area contributed by atoms with Crippen LogP contribution in [0, 0.1) is 29.4 Å². The van der Waals surface area contributed by atoms with E-state index < -0.39 is 118 Å². The lowest BCUT2D eigenvalue weighted by Gasteiger charge is -2.23. The van der Waals surface area contributed by atoms with Crippen LogP contribution in [-0.2, 0) is 38.1 Å². The van der Waals surface area contributed by atoms with Crippen LogP contribution < -0.4 is 15.4 Å². The first-order valence-corrected chi connectivity index (χ1v) is 23.5. The highest BCUT2D eigenvalue weighted by Crippen LogP contribution is 2.45. The second-order valence-electron chi connectivity index (χ2n) is 16.1. The molecule has 4 aromatic rings. The van der Waals surface area contributed by atoms with Gasteiger partial charge in [0.2, 0.25) is 5.91 Å². The highest BCUT2D eigenvalue weighted by atomic mass is 35.5. The average Bonchev–Trinajstić information content (AvgIpc) is 3.71. The quantitative estimate of drug-likeness (QED) is 0.0388. The van der Waals surface area contributed by atoms with Gasteiger partial charge in [-0.15, -0.1) is 0 Å². The number of halogens is 11. The second kappa shape index (κ2) is 21.5. The number of anilines is 1. The van der Waals surface area contributed by atoms with Crippen molar-refractivity contribution in [1.82, 2.24) is 20.1 Å². The van der Waals surface area contributed by atoms with E-state index in [-0.39, 0.29) is 63.5 Å². The summed E-state index contributed by atoms with van der Waals surface area (Å²) in [7, 11) is -1.53. The first kappa shape index (κ1) is 54.3. The maximum atomic E-state index is 15.2. The van der Waals surface area contributed by atoms with Gasteiger partial charge in [0.25, 0.3) is 5.92 Å². The number of hydrogen-bond acceptors (Lipinski definition) is 10. The molecule has 25 heteroatoms. The van der Waals surface area contributed by atoms with E-state index in [0.29, 0.717) is 29.0 Å². The number of nitrogens with one attached hydrogen (secondary N) is 1. The molecule has 69 heavy (non-hydrogen) atoms. The van der Waals surface area contributed by atoms with Crippen molar-refractivity contribution in [2.24, 2.45) is 16.6 Å². The van der Waals surface area contributed by atoms with Crippen LogP contribution >= 0.6 is 23.5 Å². The highest BCUT2D eigenvalue weighted by molar-refractivity contribution is 8.00. The Bertz CT molecular complexity index is 2770. The van der Waals surface area contributed by atoms with Gasteiger partial charge in [0.05, 0.1) is 34.3 Å². The molecule has 0 aliphatic heterocycles. The third-order valence-corrected chi connectivity index (χ3v) is 13.0. The molecule has 2 heterocycles. The summed E-state index contributed by atoms with van der Waals surface area (Å²) >= 11 is 7.38. The molecular weight excluding hydrogens is 996 g/mol. The summed E-state index contributed by atoms with van der Waals surface area (Å²) in [6, 6.07) is 5.79. The summed E-state index contributed by atoms with van der Waals surface area (Å²) in [5, 5.41) is 6.19. The third kappa shape index (κ3) is 13.2. The second-order valence-corrected chi connectivity index (χ2v) is 19.1. The van der Waals surface area contributed by atoms with Crippen molar-refractivity contribution in [2.45, 2.75) is 82.1 Å². The Morgan fingerprint density at radius 2 is 1.77 bits per heavy atom. The number of benzene rings is 2. The zero-order valence-electron chi connectivity index (χ0n) is 37.1. The maximum absolute atomic E-state index is 15.2. The number of rotatable bonds is 15. The van der Waals surface area contributed by atoms with Gasteiger partial charge in [-0.2, -0.15) is 44.5 Å². The van der Waals surface area contributed by atoms with Crippen LogP contribution in [-0.4, -0.2) is 91.7 Å². The SMILES string of the molecule is CSN(C(=O)OCCCC=O)c1nn(CC(F)(F)F)c2c(-c3ccc(C#CC(C)(C)S(C)=O)nc3C(Cc3cc(F)cc(F)c3)NC(=O)CN=C3/C(=C(\N)C(F)(F)F)[C@@H](C)CC3(F)F)ccc(Cl)c12. The number of allylic oxidation sites excluding steroid dienone is 2. The number of aldehydes is 1. The van der Waals surface area contributed by atoms with E-state index in [0.717, 1.165) is 23.4 Å². The number of nitrogens with zero attached hydrogens (tertiary/aromatic N) is 5. The summed E-state index contributed by atoms with van der Waals surface area (Å²) in [6.45, 7) is 0.892. The summed E-state index contributed by atoms with van der Waals surface area (Å²) in [5.74, 6) is -3.64. The van der Waals surface area contributed by atoms with Crippen molar-refractivity contribution < 1.29 is 67.2 Å². The summed E-state index contributed by atoms with van der Waals surface area (Å²) in [5.41, 5.74) is -0.133. The number of nitrogens with two attached hydrogens (primary N) is 1. The van der Waals surface area contributed by atoms with Gasteiger partial charge >= 0.3 is 18.4 Å². The van der Waals surface area contributed by atoms with Gasteiger partial charge < -0.3 is 20.6 Å². The van der Waals surface area contributed by atoms with Crippen molar-refractivity contribution in [2.75, 3.05) is 30.0 Å². The molecule has 2 unspecified atom stereocenters. The van der Waals surface area contributed by atoms with Gasteiger partial charge in [-0.3, -0.25) is 18.7 Å². The molecule has 2 amide bonds. The van der Waals surface area contributed by atoms with E-state index >= 15 is 8.78 Å². The smallest absolute Gasteiger partial charge is 0.431 e. The van der Waals surface area contributed by atoms with Crippen LogP contribution in [0.4, 0.5) is 54.5 Å². The summed E-state index contributed by atoms with van der Waals surface area (Å²) in [4.78, 5) is 46.3. The van der Waals surface area contributed by atoms with Crippen molar-refractivity contribution in [3.8, 4) is 23.0 Å². The normalized spacial score (nSPS) is 17.3. The minimum atomic E-state index is -5.24.